The number of aliphatic hydroxyl groups is 1. The monoisotopic (exact) mass is 393 g/mol. The molecule has 1 saturated heterocycles. The van der Waals surface area contributed by atoms with Gasteiger partial charge in [-0.3, -0.25) is 4.90 Å². The second-order valence-electron chi connectivity index (χ2n) is 7.93. The molecule has 1 heterocycles. The second-order valence-corrected chi connectivity index (χ2v) is 7.93. The number of hydrogen-bond donors (Lipinski definition) is 1. The van der Waals surface area contributed by atoms with Crippen LogP contribution in [0.1, 0.15) is 43.5 Å². The maximum Gasteiger partial charge on any atom is 0.411 e. The van der Waals surface area contributed by atoms with Crippen molar-refractivity contribution >= 4 is 6.09 Å². The van der Waals surface area contributed by atoms with E-state index in [0.717, 1.165) is 11.1 Å². The number of hydrogen-bond acceptors (Lipinski definition) is 4. The Morgan fingerprint density at radius 2 is 1.69 bits per heavy atom. The molecular formula is C24H27NO4. The second kappa shape index (κ2) is 7.32. The van der Waals surface area contributed by atoms with Crippen LogP contribution in [0.4, 0.5) is 4.79 Å². The number of cyclic esters (lactones) is 1. The first-order valence-corrected chi connectivity index (χ1v) is 9.95. The van der Waals surface area contributed by atoms with E-state index in [4.69, 9.17) is 9.47 Å². The molecule has 152 valence electrons. The van der Waals surface area contributed by atoms with E-state index in [0.29, 0.717) is 6.42 Å². The third-order valence-corrected chi connectivity index (χ3v) is 6.50. The summed E-state index contributed by atoms with van der Waals surface area (Å²) in [5.41, 5.74) is -0.128. The van der Waals surface area contributed by atoms with Gasteiger partial charge in [0.05, 0.1) is 6.04 Å². The van der Waals surface area contributed by atoms with E-state index in [-0.39, 0.29) is 18.2 Å². The van der Waals surface area contributed by atoms with Crippen LogP contribution in [0.2, 0.25) is 0 Å². The van der Waals surface area contributed by atoms with Crippen molar-refractivity contribution in [3.63, 3.8) is 0 Å². The number of carbonyl (C=O) groups excluding carboxylic acids is 1. The predicted molar refractivity (Wildman–Crippen MR) is 110 cm³/mol. The lowest BCUT2D eigenvalue weighted by Crippen LogP contribution is -2.75. The van der Waals surface area contributed by atoms with Crippen LogP contribution in [-0.2, 0) is 9.47 Å². The highest BCUT2D eigenvalue weighted by Gasteiger charge is 2.67. The summed E-state index contributed by atoms with van der Waals surface area (Å²) >= 11 is 0. The van der Waals surface area contributed by atoms with Crippen molar-refractivity contribution in [3.05, 3.63) is 83.9 Å². The standard InChI is InChI=1S/C24H27NO4/c1-4-15-24(27)16-19(23(24,2)28-3)25-20(17-11-7-5-8-12-17)21(29-22(25)26)18-13-9-6-10-14-18/h4-15,19-21,27H,16H2,1-3H3/b15-4+/t19-,20-,21+,23+,24+/m0/s1. The first-order chi connectivity index (χ1) is 13.9. The van der Waals surface area contributed by atoms with Crippen molar-refractivity contribution in [1.29, 1.82) is 0 Å². The third-order valence-electron chi connectivity index (χ3n) is 6.50. The first kappa shape index (κ1) is 19.7. The lowest BCUT2D eigenvalue weighted by molar-refractivity contribution is -0.242. The molecule has 5 heteroatoms. The molecule has 1 saturated carbocycles. The van der Waals surface area contributed by atoms with Crippen LogP contribution in [0.25, 0.3) is 0 Å². The van der Waals surface area contributed by atoms with Crippen LogP contribution in [0.5, 0.6) is 0 Å². The molecule has 2 aromatic rings. The number of ether oxygens (including phenoxy) is 2. The quantitative estimate of drug-likeness (QED) is 0.765. The Morgan fingerprint density at radius 1 is 1.10 bits per heavy atom. The van der Waals surface area contributed by atoms with Crippen LogP contribution < -0.4 is 0 Å². The summed E-state index contributed by atoms with van der Waals surface area (Å²) in [5, 5.41) is 11.1. The van der Waals surface area contributed by atoms with Crippen molar-refractivity contribution in [2.45, 2.75) is 49.7 Å². The van der Waals surface area contributed by atoms with Gasteiger partial charge < -0.3 is 14.6 Å². The highest BCUT2D eigenvalue weighted by molar-refractivity contribution is 5.73. The van der Waals surface area contributed by atoms with E-state index < -0.39 is 17.3 Å². The van der Waals surface area contributed by atoms with Gasteiger partial charge in [-0.2, -0.15) is 0 Å². The molecule has 1 aliphatic carbocycles. The summed E-state index contributed by atoms with van der Waals surface area (Å²) in [6.07, 6.45) is 3.14. The number of benzene rings is 2. The van der Waals surface area contributed by atoms with Gasteiger partial charge in [0.25, 0.3) is 0 Å². The molecule has 0 aromatic heterocycles. The summed E-state index contributed by atoms with van der Waals surface area (Å²) < 4.78 is 11.7. The normalized spacial score (nSPS) is 34.3. The van der Waals surface area contributed by atoms with Crippen LogP contribution in [-0.4, -0.2) is 40.5 Å². The Hall–Kier alpha value is -2.63. The summed E-state index contributed by atoms with van der Waals surface area (Å²) in [5.74, 6) is 0. The summed E-state index contributed by atoms with van der Waals surface area (Å²) in [6, 6.07) is 19.1. The minimum absolute atomic E-state index is 0.305. The SMILES string of the molecule is C/C=C/[C@@]1(O)C[C@H](N2C(=O)O[C@H](c3ccccc3)[C@@H]2c2ccccc2)[C@@]1(C)OC. The van der Waals surface area contributed by atoms with Crippen molar-refractivity contribution in [1.82, 2.24) is 4.90 Å². The molecule has 5 nitrogen and oxygen atoms in total. The molecule has 0 spiro atoms. The third kappa shape index (κ3) is 2.96. The fraction of sp³-hybridized carbons (Fsp3) is 0.375. The molecule has 2 aromatic carbocycles. The minimum atomic E-state index is -1.13. The van der Waals surface area contributed by atoms with E-state index in [2.05, 4.69) is 0 Å². The van der Waals surface area contributed by atoms with E-state index in [1.54, 1.807) is 18.1 Å². The first-order valence-electron chi connectivity index (χ1n) is 9.95. The summed E-state index contributed by atoms with van der Waals surface area (Å²) in [4.78, 5) is 14.9. The Bertz CT molecular complexity index is 900. The van der Waals surface area contributed by atoms with E-state index in [1.807, 2.05) is 80.6 Å². The highest BCUT2D eigenvalue weighted by Crippen LogP contribution is 2.54. The van der Waals surface area contributed by atoms with Gasteiger partial charge in [-0.05, 0) is 25.0 Å². The van der Waals surface area contributed by atoms with Gasteiger partial charge in [0.1, 0.15) is 17.2 Å². The van der Waals surface area contributed by atoms with Crippen LogP contribution in [0.3, 0.4) is 0 Å². The molecule has 1 N–H and O–H groups in total. The molecule has 2 aliphatic rings. The van der Waals surface area contributed by atoms with Gasteiger partial charge in [-0.15, -0.1) is 0 Å². The number of rotatable bonds is 5. The molecule has 29 heavy (non-hydrogen) atoms. The lowest BCUT2D eigenvalue weighted by atomic mass is 9.61. The number of carbonyl (C=O) groups is 1. The van der Waals surface area contributed by atoms with Crippen LogP contribution in [0, 0.1) is 0 Å². The molecular weight excluding hydrogens is 366 g/mol. The fourth-order valence-corrected chi connectivity index (χ4v) is 4.73. The molecule has 1 aliphatic heterocycles. The Balaban J connectivity index is 1.77. The zero-order valence-electron chi connectivity index (χ0n) is 17.0. The smallest absolute Gasteiger partial charge is 0.411 e. The Morgan fingerprint density at radius 3 is 2.24 bits per heavy atom. The van der Waals surface area contributed by atoms with Gasteiger partial charge in [-0.1, -0.05) is 72.8 Å². The van der Waals surface area contributed by atoms with Gasteiger partial charge >= 0.3 is 6.09 Å². The molecule has 2 fully saturated rings. The van der Waals surface area contributed by atoms with Crippen molar-refractivity contribution in [2.75, 3.05) is 7.11 Å². The van der Waals surface area contributed by atoms with Crippen molar-refractivity contribution < 1.29 is 19.4 Å². The Labute approximate surface area is 171 Å². The topological polar surface area (TPSA) is 59.0 Å². The van der Waals surface area contributed by atoms with Gasteiger partial charge in [0, 0.05) is 13.5 Å². The minimum Gasteiger partial charge on any atom is -0.439 e. The zero-order valence-corrected chi connectivity index (χ0v) is 17.0. The van der Waals surface area contributed by atoms with Gasteiger partial charge in [0.15, 0.2) is 6.10 Å². The summed E-state index contributed by atoms with van der Waals surface area (Å²) in [7, 11) is 1.58. The van der Waals surface area contributed by atoms with Crippen molar-refractivity contribution in [3.8, 4) is 0 Å². The Kier molecular flexibility index (Phi) is 4.97. The predicted octanol–water partition coefficient (Wildman–Crippen LogP) is 4.41. The fourth-order valence-electron chi connectivity index (χ4n) is 4.73. The zero-order chi connectivity index (χ0) is 20.6. The average molecular weight is 393 g/mol. The van der Waals surface area contributed by atoms with Crippen molar-refractivity contribution in [2.24, 2.45) is 0 Å². The van der Waals surface area contributed by atoms with E-state index in [1.165, 1.54) is 0 Å². The molecule has 0 radical (unpaired) electrons. The maximum atomic E-state index is 13.1. The number of amides is 1. The van der Waals surface area contributed by atoms with E-state index in [9.17, 15) is 9.90 Å². The molecule has 4 rings (SSSR count). The molecule has 1 amide bonds. The molecule has 0 unspecified atom stereocenters. The van der Waals surface area contributed by atoms with Crippen LogP contribution >= 0.6 is 0 Å². The largest absolute Gasteiger partial charge is 0.439 e. The maximum absolute atomic E-state index is 13.1. The van der Waals surface area contributed by atoms with Crippen LogP contribution in [0.15, 0.2) is 72.8 Å². The number of nitrogens with zero attached hydrogens (tertiary/aromatic N) is 1. The lowest BCUT2D eigenvalue weighted by Gasteiger charge is -2.60. The average Bonchev–Trinajstić information content (AvgIpc) is 3.09. The van der Waals surface area contributed by atoms with E-state index >= 15 is 0 Å². The molecule has 5 atom stereocenters. The highest BCUT2D eigenvalue weighted by atomic mass is 16.6. The number of allylic oxidation sites excluding steroid dienone is 1. The number of methoxy groups -OCH3 is 1. The van der Waals surface area contributed by atoms with Gasteiger partial charge in [0.2, 0.25) is 0 Å². The summed E-state index contributed by atoms with van der Waals surface area (Å²) in [6.45, 7) is 3.72. The molecule has 0 bridgehead atoms. The van der Waals surface area contributed by atoms with Gasteiger partial charge in [-0.25, -0.2) is 4.79 Å².